The van der Waals surface area contributed by atoms with Gasteiger partial charge in [0, 0.05) is 22.7 Å². The van der Waals surface area contributed by atoms with Crippen LogP contribution in [0.2, 0.25) is 5.02 Å². The maximum Gasteiger partial charge on any atom is 0.163 e. The first-order valence-corrected chi connectivity index (χ1v) is 11.3. The summed E-state index contributed by atoms with van der Waals surface area (Å²) in [5.41, 5.74) is 5.50. The third-order valence-corrected chi connectivity index (χ3v) is 6.74. The van der Waals surface area contributed by atoms with E-state index in [4.69, 9.17) is 21.1 Å². The summed E-state index contributed by atoms with van der Waals surface area (Å²) in [6.45, 7) is 0. The number of Topliss-reactive ketones (excluding diaryl/α,β-unsaturated/α-hetero) is 1. The molecular formula is C27H25ClN2O3. The lowest BCUT2D eigenvalue weighted by molar-refractivity contribution is -0.116. The third-order valence-electron chi connectivity index (χ3n) is 6.39. The molecule has 2 aliphatic rings. The van der Waals surface area contributed by atoms with Gasteiger partial charge in [0.25, 0.3) is 0 Å². The molecule has 0 amide bonds. The van der Waals surface area contributed by atoms with Crippen LogP contribution in [0.25, 0.3) is 0 Å². The number of hydrogen-bond donors (Lipinski definition) is 2. The van der Waals surface area contributed by atoms with Gasteiger partial charge >= 0.3 is 0 Å². The summed E-state index contributed by atoms with van der Waals surface area (Å²) in [5.74, 6) is 1.40. The van der Waals surface area contributed by atoms with Gasteiger partial charge in [-0.05, 0) is 53.8 Å². The zero-order valence-corrected chi connectivity index (χ0v) is 19.3. The molecule has 5 nitrogen and oxygen atoms in total. The molecule has 1 heterocycles. The highest BCUT2D eigenvalue weighted by Gasteiger charge is 2.36. The summed E-state index contributed by atoms with van der Waals surface area (Å²) < 4.78 is 10.9. The summed E-state index contributed by atoms with van der Waals surface area (Å²) >= 11 is 6.49. The minimum absolute atomic E-state index is 0.0220. The number of fused-ring (bicyclic) bond motifs is 1. The fourth-order valence-corrected chi connectivity index (χ4v) is 5.09. The van der Waals surface area contributed by atoms with Gasteiger partial charge in [-0.3, -0.25) is 4.79 Å². The molecule has 2 unspecified atom stereocenters. The van der Waals surface area contributed by atoms with E-state index in [9.17, 15) is 4.79 Å². The van der Waals surface area contributed by atoms with Crippen molar-refractivity contribution < 1.29 is 14.3 Å². The van der Waals surface area contributed by atoms with E-state index < -0.39 is 0 Å². The molecule has 33 heavy (non-hydrogen) atoms. The monoisotopic (exact) mass is 460 g/mol. The molecule has 0 saturated heterocycles. The Labute approximate surface area is 198 Å². The molecular weight excluding hydrogens is 436 g/mol. The quantitative estimate of drug-likeness (QED) is 0.476. The first-order valence-electron chi connectivity index (χ1n) is 10.9. The molecule has 0 radical (unpaired) electrons. The molecule has 3 aromatic rings. The van der Waals surface area contributed by atoms with Crippen LogP contribution >= 0.6 is 11.6 Å². The summed E-state index contributed by atoms with van der Waals surface area (Å²) in [6, 6.07) is 21.3. The van der Waals surface area contributed by atoms with Gasteiger partial charge in [-0.1, -0.05) is 48.0 Å². The standard InChI is InChI=1S/C27H25ClN2O3/c1-32-24-12-11-16(15-25(24)33-2)27-26-22(29-20-9-5-6-10-21(20)30-27)13-17(14-23(26)31)18-7-3-4-8-19(18)28/h3-12,15,17,27,29-30H,13-14H2,1-2H3. The number of ether oxygens (including phenoxy) is 2. The molecule has 0 fully saturated rings. The summed E-state index contributed by atoms with van der Waals surface area (Å²) in [5, 5.41) is 7.85. The number of carbonyl (C=O) groups excluding carboxylic acids is 1. The predicted molar refractivity (Wildman–Crippen MR) is 131 cm³/mol. The van der Waals surface area contributed by atoms with E-state index in [0.29, 0.717) is 29.4 Å². The van der Waals surface area contributed by atoms with Crippen LogP contribution in [0.5, 0.6) is 11.5 Å². The molecule has 1 aliphatic heterocycles. The fourth-order valence-electron chi connectivity index (χ4n) is 4.80. The van der Waals surface area contributed by atoms with Gasteiger partial charge < -0.3 is 20.1 Å². The van der Waals surface area contributed by atoms with E-state index in [0.717, 1.165) is 33.8 Å². The number of allylic oxidation sites excluding steroid dienone is 1. The topological polar surface area (TPSA) is 59.6 Å². The molecule has 5 rings (SSSR count). The molecule has 1 aliphatic carbocycles. The Hall–Kier alpha value is -3.44. The molecule has 0 saturated carbocycles. The minimum atomic E-state index is -0.323. The first-order chi connectivity index (χ1) is 16.1. The smallest absolute Gasteiger partial charge is 0.163 e. The summed E-state index contributed by atoms with van der Waals surface area (Å²) in [4.78, 5) is 13.7. The van der Waals surface area contributed by atoms with Gasteiger partial charge in [0.05, 0.1) is 31.6 Å². The molecule has 0 spiro atoms. The van der Waals surface area contributed by atoms with Crippen molar-refractivity contribution in [1.29, 1.82) is 0 Å². The Morgan fingerprint density at radius 3 is 2.36 bits per heavy atom. The van der Waals surface area contributed by atoms with Gasteiger partial charge in [-0.25, -0.2) is 0 Å². The van der Waals surface area contributed by atoms with Gasteiger partial charge in [0.1, 0.15) is 0 Å². The van der Waals surface area contributed by atoms with Crippen molar-refractivity contribution >= 4 is 28.8 Å². The number of rotatable bonds is 4. The van der Waals surface area contributed by atoms with Crippen molar-refractivity contribution in [3.8, 4) is 11.5 Å². The SMILES string of the molecule is COc1ccc(C2Nc3ccccc3NC3=C2C(=O)CC(c2ccccc2Cl)C3)cc1OC. The van der Waals surface area contributed by atoms with E-state index in [2.05, 4.69) is 10.6 Å². The van der Waals surface area contributed by atoms with Crippen molar-refractivity contribution in [2.45, 2.75) is 24.8 Å². The fraction of sp³-hybridized carbons (Fsp3) is 0.222. The maximum atomic E-state index is 13.7. The highest BCUT2D eigenvalue weighted by atomic mass is 35.5. The second-order valence-electron chi connectivity index (χ2n) is 8.30. The number of anilines is 2. The number of halogens is 1. The van der Waals surface area contributed by atoms with Crippen LogP contribution < -0.4 is 20.1 Å². The van der Waals surface area contributed by atoms with Crippen LogP contribution in [0.4, 0.5) is 11.4 Å². The van der Waals surface area contributed by atoms with Crippen LogP contribution in [-0.4, -0.2) is 20.0 Å². The molecule has 168 valence electrons. The number of carbonyl (C=O) groups is 1. The number of benzene rings is 3. The Bertz CT molecular complexity index is 1250. The van der Waals surface area contributed by atoms with Gasteiger partial charge in [-0.15, -0.1) is 0 Å². The van der Waals surface area contributed by atoms with Crippen molar-refractivity contribution in [3.05, 3.63) is 94.1 Å². The zero-order chi connectivity index (χ0) is 22.9. The van der Waals surface area contributed by atoms with Gasteiger partial charge in [0.15, 0.2) is 17.3 Å². The lowest BCUT2D eigenvalue weighted by atomic mass is 9.78. The van der Waals surface area contributed by atoms with E-state index in [1.54, 1.807) is 14.2 Å². The average molecular weight is 461 g/mol. The van der Waals surface area contributed by atoms with Crippen LogP contribution in [0.15, 0.2) is 78.0 Å². The normalized spacial score (nSPS) is 19.5. The first kappa shape index (κ1) is 21.4. The highest BCUT2D eigenvalue weighted by Crippen LogP contribution is 2.46. The number of nitrogens with one attached hydrogen (secondary N) is 2. The van der Waals surface area contributed by atoms with E-state index in [1.807, 2.05) is 66.7 Å². The molecule has 0 aromatic heterocycles. The largest absolute Gasteiger partial charge is 0.493 e. The second kappa shape index (κ2) is 8.83. The number of methoxy groups -OCH3 is 2. The Morgan fingerprint density at radius 2 is 1.61 bits per heavy atom. The van der Waals surface area contributed by atoms with Crippen molar-refractivity contribution in [3.63, 3.8) is 0 Å². The Morgan fingerprint density at radius 1 is 0.879 bits per heavy atom. The highest BCUT2D eigenvalue weighted by molar-refractivity contribution is 6.31. The third kappa shape index (κ3) is 3.93. The van der Waals surface area contributed by atoms with Crippen LogP contribution in [0.3, 0.4) is 0 Å². The zero-order valence-electron chi connectivity index (χ0n) is 18.5. The number of hydrogen-bond acceptors (Lipinski definition) is 5. The van der Waals surface area contributed by atoms with E-state index >= 15 is 0 Å². The van der Waals surface area contributed by atoms with Gasteiger partial charge in [-0.2, -0.15) is 0 Å². The van der Waals surface area contributed by atoms with E-state index in [-0.39, 0.29) is 17.7 Å². The molecule has 2 atom stereocenters. The lowest BCUT2D eigenvalue weighted by Crippen LogP contribution is -2.27. The summed E-state index contributed by atoms with van der Waals surface area (Å²) in [7, 11) is 3.23. The molecule has 3 aromatic carbocycles. The number of para-hydroxylation sites is 2. The summed E-state index contributed by atoms with van der Waals surface area (Å²) in [6.07, 6.45) is 1.11. The van der Waals surface area contributed by atoms with Crippen molar-refractivity contribution in [2.24, 2.45) is 0 Å². The van der Waals surface area contributed by atoms with E-state index in [1.165, 1.54) is 0 Å². The maximum absolute atomic E-state index is 13.7. The van der Waals surface area contributed by atoms with Crippen LogP contribution in [-0.2, 0) is 4.79 Å². The predicted octanol–water partition coefficient (Wildman–Crippen LogP) is 6.34. The Balaban J connectivity index is 1.63. The van der Waals surface area contributed by atoms with Gasteiger partial charge in [0.2, 0.25) is 0 Å². The minimum Gasteiger partial charge on any atom is -0.493 e. The lowest BCUT2D eigenvalue weighted by Gasteiger charge is -2.30. The second-order valence-corrected chi connectivity index (χ2v) is 8.71. The molecule has 0 bridgehead atoms. The van der Waals surface area contributed by atoms with Crippen molar-refractivity contribution in [2.75, 3.05) is 24.9 Å². The van der Waals surface area contributed by atoms with Crippen LogP contribution in [0.1, 0.15) is 35.9 Å². The Kier molecular flexibility index (Phi) is 5.73. The molecule has 6 heteroatoms. The molecule has 2 N–H and O–H groups in total. The van der Waals surface area contributed by atoms with Crippen LogP contribution in [0, 0.1) is 0 Å². The van der Waals surface area contributed by atoms with Crippen molar-refractivity contribution in [1.82, 2.24) is 0 Å². The average Bonchev–Trinajstić information content (AvgIpc) is 3.00. The number of ketones is 1.